The smallest absolute Gasteiger partial charge is 0.408 e. The van der Waals surface area contributed by atoms with Gasteiger partial charge in [0, 0.05) is 0 Å². The van der Waals surface area contributed by atoms with Crippen molar-refractivity contribution in [2.45, 2.75) is 32.4 Å². The van der Waals surface area contributed by atoms with Crippen molar-refractivity contribution < 1.29 is 28.2 Å². The normalized spacial score (nSPS) is 12.7. The molecule has 5 nitrogen and oxygen atoms in total. The number of nitrogens with one attached hydrogen (secondary N) is 1. The minimum atomic E-state index is -1.53. The van der Waals surface area contributed by atoms with Crippen molar-refractivity contribution in [1.82, 2.24) is 5.32 Å². The van der Waals surface area contributed by atoms with E-state index in [0.29, 0.717) is 6.07 Å². The van der Waals surface area contributed by atoms with E-state index in [-0.39, 0.29) is 5.56 Å². The van der Waals surface area contributed by atoms with Crippen LogP contribution in [0.2, 0.25) is 0 Å². The molecule has 1 atom stereocenters. The lowest BCUT2D eigenvalue weighted by molar-refractivity contribution is -0.139. The lowest BCUT2D eigenvalue weighted by Crippen LogP contribution is -2.38. The SMILES string of the molecule is CC(C)(C)OC(=O)N[C@H](C(=O)O)c1ccc(F)c(F)c1. The number of carbonyl (C=O) groups excluding carboxylic acids is 1. The second-order valence-electron chi connectivity index (χ2n) is 5.09. The molecule has 1 rings (SSSR count). The molecule has 0 heterocycles. The summed E-state index contributed by atoms with van der Waals surface area (Å²) in [6, 6.07) is 1.05. The fourth-order valence-electron chi connectivity index (χ4n) is 1.40. The van der Waals surface area contributed by atoms with Gasteiger partial charge in [-0.05, 0) is 38.5 Å². The maximum Gasteiger partial charge on any atom is 0.408 e. The second-order valence-corrected chi connectivity index (χ2v) is 5.09. The largest absolute Gasteiger partial charge is 0.479 e. The van der Waals surface area contributed by atoms with Gasteiger partial charge in [-0.15, -0.1) is 0 Å². The molecule has 0 aliphatic carbocycles. The van der Waals surface area contributed by atoms with Crippen LogP contribution in [0.3, 0.4) is 0 Å². The van der Waals surface area contributed by atoms with E-state index >= 15 is 0 Å². The highest BCUT2D eigenvalue weighted by Gasteiger charge is 2.26. The summed E-state index contributed by atoms with van der Waals surface area (Å²) in [5, 5.41) is 11.1. The zero-order chi connectivity index (χ0) is 15.5. The Kier molecular flexibility index (Phi) is 4.65. The Morgan fingerprint density at radius 3 is 2.30 bits per heavy atom. The molecule has 0 fully saturated rings. The second kappa shape index (κ2) is 5.85. The maximum atomic E-state index is 13.1. The average Bonchev–Trinajstić information content (AvgIpc) is 2.27. The van der Waals surface area contributed by atoms with Gasteiger partial charge in [-0.25, -0.2) is 18.4 Å². The van der Waals surface area contributed by atoms with Gasteiger partial charge < -0.3 is 15.2 Å². The van der Waals surface area contributed by atoms with Crippen molar-refractivity contribution in [3.8, 4) is 0 Å². The summed E-state index contributed by atoms with van der Waals surface area (Å²) in [6.45, 7) is 4.83. The third kappa shape index (κ3) is 4.49. The van der Waals surface area contributed by atoms with E-state index < -0.39 is 35.3 Å². The monoisotopic (exact) mass is 287 g/mol. The first-order valence-corrected chi connectivity index (χ1v) is 5.77. The number of carboxylic acid groups (broad SMARTS) is 1. The number of hydrogen-bond donors (Lipinski definition) is 2. The Morgan fingerprint density at radius 2 is 1.85 bits per heavy atom. The molecule has 0 unspecified atom stereocenters. The van der Waals surface area contributed by atoms with Crippen LogP contribution in [0.1, 0.15) is 32.4 Å². The van der Waals surface area contributed by atoms with E-state index in [1.54, 1.807) is 20.8 Å². The summed E-state index contributed by atoms with van der Waals surface area (Å²) in [7, 11) is 0. The van der Waals surface area contributed by atoms with Gasteiger partial charge in [0.25, 0.3) is 0 Å². The molecule has 1 aromatic rings. The van der Waals surface area contributed by atoms with E-state index in [1.165, 1.54) is 0 Å². The van der Waals surface area contributed by atoms with E-state index in [1.807, 2.05) is 0 Å². The molecule has 0 aromatic heterocycles. The summed E-state index contributed by atoms with van der Waals surface area (Å²) >= 11 is 0. The number of halogens is 2. The van der Waals surface area contributed by atoms with E-state index in [4.69, 9.17) is 9.84 Å². The van der Waals surface area contributed by atoms with E-state index in [0.717, 1.165) is 12.1 Å². The van der Waals surface area contributed by atoms with Crippen LogP contribution in [0.5, 0.6) is 0 Å². The van der Waals surface area contributed by atoms with Crippen LogP contribution in [-0.4, -0.2) is 22.8 Å². The molecule has 20 heavy (non-hydrogen) atoms. The highest BCUT2D eigenvalue weighted by atomic mass is 19.2. The van der Waals surface area contributed by atoms with Gasteiger partial charge >= 0.3 is 12.1 Å². The van der Waals surface area contributed by atoms with Crippen LogP contribution in [0.15, 0.2) is 18.2 Å². The quantitative estimate of drug-likeness (QED) is 0.896. The number of carboxylic acids is 1. The van der Waals surface area contributed by atoms with Gasteiger partial charge in [-0.3, -0.25) is 0 Å². The highest BCUT2D eigenvalue weighted by molar-refractivity contribution is 5.81. The van der Waals surface area contributed by atoms with Gasteiger partial charge in [-0.1, -0.05) is 6.07 Å². The van der Waals surface area contributed by atoms with Crippen LogP contribution in [-0.2, 0) is 9.53 Å². The van der Waals surface area contributed by atoms with Crippen molar-refractivity contribution in [2.75, 3.05) is 0 Å². The van der Waals surface area contributed by atoms with Crippen molar-refractivity contribution in [3.05, 3.63) is 35.4 Å². The third-order valence-corrected chi connectivity index (χ3v) is 2.19. The Labute approximate surface area is 114 Å². The number of rotatable bonds is 3. The van der Waals surface area contributed by atoms with Crippen LogP contribution >= 0.6 is 0 Å². The topological polar surface area (TPSA) is 75.6 Å². The first-order chi connectivity index (χ1) is 9.10. The molecule has 1 amide bonds. The van der Waals surface area contributed by atoms with Gasteiger partial charge in [0.05, 0.1) is 0 Å². The van der Waals surface area contributed by atoms with Gasteiger partial charge in [0.15, 0.2) is 17.7 Å². The average molecular weight is 287 g/mol. The highest BCUT2D eigenvalue weighted by Crippen LogP contribution is 2.18. The van der Waals surface area contributed by atoms with E-state index in [2.05, 4.69) is 5.32 Å². The Hall–Kier alpha value is -2.18. The third-order valence-electron chi connectivity index (χ3n) is 2.19. The zero-order valence-electron chi connectivity index (χ0n) is 11.2. The lowest BCUT2D eigenvalue weighted by Gasteiger charge is -2.22. The van der Waals surface area contributed by atoms with Gasteiger partial charge in [0.1, 0.15) is 5.60 Å². The minimum absolute atomic E-state index is 0.0951. The molecule has 0 aliphatic rings. The zero-order valence-corrected chi connectivity index (χ0v) is 11.2. The standard InChI is InChI=1S/C13H15F2NO4/c1-13(2,3)20-12(19)16-10(11(17)18)7-4-5-8(14)9(15)6-7/h4-6,10H,1-3H3,(H,16,19)(H,17,18)/t10-/m0/s1. The molecule has 1 aromatic carbocycles. The first-order valence-electron chi connectivity index (χ1n) is 5.77. The van der Waals surface area contributed by atoms with Crippen molar-refractivity contribution in [1.29, 1.82) is 0 Å². The van der Waals surface area contributed by atoms with Crippen LogP contribution in [0, 0.1) is 11.6 Å². The van der Waals surface area contributed by atoms with Crippen molar-refractivity contribution in [2.24, 2.45) is 0 Å². The number of carbonyl (C=O) groups is 2. The molecule has 2 N–H and O–H groups in total. The Morgan fingerprint density at radius 1 is 1.25 bits per heavy atom. The Balaban J connectivity index is 2.92. The van der Waals surface area contributed by atoms with Gasteiger partial charge in [-0.2, -0.15) is 0 Å². The van der Waals surface area contributed by atoms with Crippen molar-refractivity contribution >= 4 is 12.1 Å². The molecule has 110 valence electrons. The minimum Gasteiger partial charge on any atom is -0.479 e. The summed E-state index contributed by atoms with van der Waals surface area (Å²) in [6.07, 6.45) is -0.963. The Bertz CT molecular complexity index is 526. The summed E-state index contributed by atoms with van der Waals surface area (Å²) < 4.78 is 30.8. The van der Waals surface area contributed by atoms with Gasteiger partial charge in [0.2, 0.25) is 0 Å². The molecule has 0 saturated carbocycles. The fraction of sp³-hybridized carbons (Fsp3) is 0.385. The molecule has 7 heteroatoms. The molecular formula is C13H15F2NO4. The summed E-state index contributed by atoms with van der Waals surface area (Å²) in [4.78, 5) is 22.6. The predicted octanol–water partition coefficient (Wildman–Crippen LogP) is 2.62. The number of benzene rings is 1. The molecule has 0 bridgehead atoms. The molecular weight excluding hydrogens is 272 g/mol. The lowest BCUT2D eigenvalue weighted by atomic mass is 10.1. The number of amides is 1. The summed E-state index contributed by atoms with van der Waals surface area (Å²) in [5.74, 6) is -3.71. The molecule has 0 radical (unpaired) electrons. The molecule has 0 spiro atoms. The van der Waals surface area contributed by atoms with Crippen LogP contribution in [0.25, 0.3) is 0 Å². The number of aliphatic carboxylic acids is 1. The number of hydrogen-bond acceptors (Lipinski definition) is 3. The van der Waals surface area contributed by atoms with Crippen molar-refractivity contribution in [3.63, 3.8) is 0 Å². The molecule has 0 saturated heterocycles. The number of alkyl carbamates (subject to hydrolysis) is 1. The summed E-state index contributed by atoms with van der Waals surface area (Å²) in [5.41, 5.74) is -0.900. The molecule has 0 aliphatic heterocycles. The fourth-order valence-corrected chi connectivity index (χ4v) is 1.40. The first kappa shape index (κ1) is 15.9. The number of ether oxygens (including phenoxy) is 1. The maximum absolute atomic E-state index is 13.1. The van der Waals surface area contributed by atoms with E-state index in [9.17, 15) is 18.4 Å². The predicted molar refractivity (Wildman–Crippen MR) is 66.1 cm³/mol. The van der Waals surface area contributed by atoms with Crippen LogP contribution in [0.4, 0.5) is 13.6 Å². The van der Waals surface area contributed by atoms with Crippen LogP contribution < -0.4 is 5.32 Å².